The van der Waals surface area contributed by atoms with E-state index >= 15 is 0 Å². The second-order valence-electron chi connectivity index (χ2n) is 10.2. The maximum Gasteiger partial charge on any atom is 0.435 e. The predicted molar refractivity (Wildman–Crippen MR) is 158 cm³/mol. The fourth-order valence-electron chi connectivity index (χ4n) is 4.98. The van der Waals surface area contributed by atoms with Gasteiger partial charge in [0.15, 0.2) is 5.69 Å². The lowest BCUT2D eigenvalue weighted by molar-refractivity contribution is -0.141. The molecule has 0 fully saturated rings. The number of carbonyl (C=O) groups is 3. The van der Waals surface area contributed by atoms with E-state index in [4.69, 9.17) is 16.3 Å². The van der Waals surface area contributed by atoms with Crippen LogP contribution in [0.4, 0.5) is 18.9 Å². The maximum absolute atomic E-state index is 14.2. The first-order valence-electron chi connectivity index (χ1n) is 13.4. The minimum Gasteiger partial charge on any atom is -0.497 e. The largest absolute Gasteiger partial charge is 0.497 e. The van der Waals surface area contributed by atoms with Gasteiger partial charge in [-0.05, 0) is 66.6 Å². The van der Waals surface area contributed by atoms with Crippen molar-refractivity contribution in [1.82, 2.24) is 20.0 Å². The number of hydrogen-bond donors (Lipinski definition) is 1. The molecule has 228 valence electrons. The molecule has 0 atom stereocenters. The number of alkyl halides is 3. The summed E-state index contributed by atoms with van der Waals surface area (Å²) in [6.45, 7) is 0.0389. The summed E-state index contributed by atoms with van der Waals surface area (Å²) in [5, 5.41) is 7.07. The number of nitrogens with zero attached hydrogens (tertiary/aromatic N) is 4. The van der Waals surface area contributed by atoms with E-state index in [1.807, 2.05) is 0 Å². The van der Waals surface area contributed by atoms with Gasteiger partial charge in [-0.3, -0.25) is 14.4 Å². The number of ether oxygens (including phenoxy) is 1. The van der Waals surface area contributed by atoms with Gasteiger partial charge in [0.2, 0.25) is 0 Å². The summed E-state index contributed by atoms with van der Waals surface area (Å²) in [6, 6.07) is 17.3. The fourth-order valence-corrected chi connectivity index (χ4v) is 5.20. The molecule has 44 heavy (non-hydrogen) atoms. The van der Waals surface area contributed by atoms with Crippen molar-refractivity contribution in [3.05, 3.63) is 105 Å². The SMILES string of the molecule is COc1ccc(-n2nc(C(F)(F)F)c3c2C(=O)N(c2ccc(C(=O)N(C)C)cc2)CC3)c(C(=O)NCc2cccc(Cl)c2)c1. The molecule has 9 nitrogen and oxygen atoms in total. The Hall–Kier alpha value is -4.84. The van der Waals surface area contributed by atoms with Crippen LogP contribution in [0.3, 0.4) is 0 Å². The minimum atomic E-state index is -4.85. The standard InChI is InChI=1S/C31H27ClF3N5O4/c1-38(2)29(42)19-7-9-21(10-8-19)39-14-13-23-26(30(39)43)40(37-27(23)31(33,34)35)25-12-11-22(44-3)16-24(25)28(41)36-17-18-5-4-6-20(32)15-18/h4-12,15-16H,13-14,17H2,1-3H3,(H,36,41). The van der Waals surface area contributed by atoms with Crippen molar-refractivity contribution in [1.29, 1.82) is 0 Å². The molecular formula is C31H27ClF3N5O4. The number of amides is 3. The number of hydrogen-bond acceptors (Lipinski definition) is 5. The summed E-state index contributed by atoms with van der Waals surface area (Å²) < 4.78 is 48.8. The molecule has 1 aliphatic rings. The molecule has 5 rings (SSSR count). The number of nitrogens with one attached hydrogen (secondary N) is 1. The van der Waals surface area contributed by atoms with Crippen LogP contribution < -0.4 is 15.0 Å². The molecule has 0 bridgehead atoms. The fraction of sp³-hybridized carbons (Fsp3) is 0.226. The molecule has 13 heteroatoms. The van der Waals surface area contributed by atoms with Crippen LogP contribution in [0.2, 0.25) is 5.02 Å². The van der Waals surface area contributed by atoms with Gasteiger partial charge in [-0.2, -0.15) is 18.3 Å². The molecule has 2 heterocycles. The summed E-state index contributed by atoms with van der Waals surface area (Å²) >= 11 is 6.05. The Labute approximate surface area is 255 Å². The molecular weight excluding hydrogens is 599 g/mol. The van der Waals surface area contributed by atoms with Crippen LogP contribution in [0.1, 0.15) is 48.0 Å². The Morgan fingerprint density at radius 1 is 1.07 bits per heavy atom. The second-order valence-corrected chi connectivity index (χ2v) is 10.7. The summed E-state index contributed by atoms with van der Waals surface area (Å²) in [4.78, 5) is 42.4. The molecule has 3 aromatic carbocycles. The molecule has 1 aliphatic heterocycles. The number of benzene rings is 3. The van der Waals surface area contributed by atoms with E-state index < -0.39 is 23.7 Å². The van der Waals surface area contributed by atoms with Gasteiger partial charge in [0.25, 0.3) is 17.7 Å². The van der Waals surface area contributed by atoms with E-state index in [9.17, 15) is 27.6 Å². The first kappa shape index (κ1) is 30.6. The Balaban J connectivity index is 1.57. The van der Waals surface area contributed by atoms with Gasteiger partial charge in [0, 0.05) is 49.0 Å². The van der Waals surface area contributed by atoms with Crippen LogP contribution in [-0.4, -0.2) is 60.2 Å². The molecule has 0 radical (unpaired) electrons. The van der Waals surface area contributed by atoms with Gasteiger partial charge in [0.05, 0.1) is 18.4 Å². The van der Waals surface area contributed by atoms with E-state index in [1.54, 1.807) is 62.6 Å². The first-order valence-corrected chi connectivity index (χ1v) is 13.8. The van der Waals surface area contributed by atoms with E-state index in [-0.39, 0.29) is 53.7 Å². The Morgan fingerprint density at radius 3 is 2.43 bits per heavy atom. The van der Waals surface area contributed by atoms with Crippen LogP contribution in [0, 0.1) is 0 Å². The van der Waals surface area contributed by atoms with Crippen molar-refractivity contribution in [2.24, 2.45) is 0 Å². The molecule has 0 saturated carbocycles. The smallest absolute Gasteiger partial charge is 0.435 e. The lowest BCUT2D eigenvalue weighted by atomic mass is 10.0. The van der Waals surface area contributed by atoms with Crippen LogP contribution in [-0.2, 0) is 19.1 Å². The number of fused-ring (bicyclic) bond motifs is 1. The van der Waals surface area contributed by atoms with E-state index in [0.717, 1.165) is 4.68 Å². The first-order chi connectivity index (χ1) is 20.9. The van der Waals surface area contributed by atoms with Crippen molar-refractivity contribution < 1.29 is 32.3 Å². The van der Waals surface area contributed by atoms with Gasteiger partial charge in [-0.25, -0.2) is 4.68 Å². The summed E-state index contributed by atoms with van der Waals surface area (Å²) in [6.07, 6.45) is -4.99. The summed E-state index contributed by atoms with van der Waals surface area (Å²) in [5.74, 6) is -1.32. The highest BCUT2D eigenvalue weighted by molar-refractivity contribution is 6.30. The Kier molecular flexibility index (Phi) is 8.38. The van der Waals surface area contributed by atoms with E-state index in [2.05, 4.69) is 10.4 Å². The predicted octanol–water partition coefficient (Wildman–Crippen LogP) is 5.39. The monoisotopic (exact) mass is 625 g/mol. The van der Waals surface area contributed by atoms with Crippen molar-refractivity contribution >= 4 is 35.0 Å². The normalized spacial score (nSPS) is 13.0. The van der Waals surface area contributed by atoms with Gasteiger partial charge >= 0.3 is 6.18 Å². The highest BCUT2D eigenvalue weighted by Gasteiger charge is 2.43. The number of aromatic nitrogens is 2. The Morgan fingerprint density at radius 2 is 1.80 bits per heavy atom. The quantitative estimate of drug-likeness (QED) is 0.297. The Bertz CT molecular complexity index is 1750. The molecule has 4 aromatic rings. The lowest BCUT2D eigenvalue weighted by Crippen LogP contribution is -2.39. The zero-order valence-electron chi connectivity index (χ0n) is 23.9. The van der Waals surface area contributed by atoms with Gasteiger partial charge in [0.1, 0.15) is 11.4 Å². The third kappa shape index (κ3) is 5.98. The van der Waals surface area contributed by atoms with Crippen LogP contribution >= 0.6 is 11.6 Å². The highest BCUT2D eigenvalue weighted by atomic mass is 35.5. The number of carbonyl (C=O) groups excluding carboxylic acids is 3. The molecule has 0 aliphatic carbocycles. The molecule has 0 saturated heterocycles. The molecule has 1 aromatic heterocycles. The number of methoxy groups -OCH3 is 1. The molecule has 1 N–H and O–H groups in total. The zero-order chi connectivity index (χ0) is 31.8. The number of anilines is 1. The summed E-state index contributed by atoms with van der Waals surface area (Å²) in [5.41, 5.74) is -0.384. The van der Waals surface area contributed by atoms with Crippen molar-refractivity contribution in [3.63, 3.8) is 0 Å². The number of rotatable bonds is 7. The van der Waals surface area contributed by atoms with Crippen LogP contribution in [0.5, 0.6) is 5.75 Å². The maximum atomic E-state index is 14.2. The van der Waals surface area contributed by atoms with Gasteiger partial charge in [-0.1, -0.05) is 23.7 Å². The zero-order valence-corrected chi connectivity index (χ0v) is 24.7. The third-order valence-corrected chi connectivity index (χ3v) is 7.37. The number of halogens is 4. The average molecular weight is 626 g/mol. The lowest BCUT2D eigenvalue weighted by Gasteiger charge is -2.28. The second kappa shape index (κ2) is 12.0. The van der Waals surface area contributed by atoms with Crippen molar-refractivity contribution in [2.45, 2.75) is 19.1 Å². The van der Waals surface area contributed by atoms with Gasteiger partial charge in [-0.15, -0.1) is 0 Å². The molecule has 0 spiro atoms. The van der Waals surface area contributed by atoms with Crippen LogP contribution in [0.15, 0.2) is 66.7 Å². The molecule has 3 amide bonds. The van der Waals surface area contributed by atoms with E-state index in [0.29, 0.717) is 21.8 Å². The topological polar surface area (TPSA) is 96.8 Å². The average Bonchev–Trinajstić information content (AvgIpc) is 3.41. The molecule has 0 unspecified atom stereocenters. The van der Waals surface area contributed by atoms with Crippen molar-refractivity contribution in [3.8, 4) is 11.4 Å². The summed E-state index contributed by atoms with van der Waals surface area (Å²) in [7, 11) is 4.60. The highest BCUT2D eigenvalue weighted by Crippen LogP contribution is 2.38. The van der Waals surface area contributed by atoms with Crippen LogP contribution in [0.25, 0.3) is 5.69 Å². The van der Waals surface area contributed by atoms with Crippen molar-refractivity contribution in [2.75, 3.05) is 32.6 Å². The third-order valence-electron chi connectivity index (χ3n) is 7.14. The minimum absolute atomic E-state index is 0.0386. The van der Waals surface area contributed by atoms with E-state index in [1.165, 1.54) is 35.1 Å². The van der Waals surface area contributed by atoms with Gasteiger partial charge < -0.3 is 19.9 Å².